The normalized spacial score (nSPS) is 14.1. The van der Waals surface area contributed by atoms with Gasteiger partial charge in [-0.3, -0.25) is 9.59 Å². The monoisotopic (exact) mass is 481 g/mol. The summed E-state index contributed by atoms with van der Waals surface area (Å²) >= 11 is 7.47. The first-order valence-corrected chi connectivity index (χ1v) is 11.6. The Kier molecular flexibility index (Phi) is 6.13. The number of hydrogen-bond donors (Lipinski definition) is 1. The van der Waals surface area contributed by atoms with E-state index in [1.165, 1.54) is 11.3 Å². The van der Waals surface area contributed by atoms with Crippen molar-refractivity contribution in [3.8, 4) is 16.5 Å². The van der Waals surface area contributed by atoms with E-state index < -0.39 is 0 Å². The number of benzene rings is 2. The Labute approximate surface area is 198 Å². The molecule has 2 aromatic carbocycles. The van der Waals surface area contributed by atoms with Crippen LogP contribution < -0.4 is 9.64 Å². The van der Waals surface area contributed by atoms with Crippen LogP contribution in [0.2, 0.25) is 4.34 Å². The number of nitrogens with one attached hydrogen (secondary N) is 1. The quantitative estimate of drug-likeness (QED) is 0.420. The fourth-order valence-electron chi connectivity index (χ4n) is 3.66. The molecule has 0 spiro atoms. The molecule has 7 nitrogen and oxygen atoms in total. The molecule has 9 heteroatoms. The zero-order valence-electron chi connectivity index (χ0n) is 17.5. The van der Waals surface area contributed by atoms with Gasteiger partial charge in [-0.1, -0.05) is 23.7 Å². The van der Waals surface area contributed by atoms with Gasteiger partial charge in [0.1, 0.15) is 24.8 Å². The Morgan fingerprint density at radius 3 is 2.79 bits per heavy atom. The van der Waals surface area contributed by atoms with Gasteiger partial charge in [-0.05, 0) is 42.0 Å². The molecule has 0 saturated carbocycles. The molecule has 1 N–H and O–H groups in total. The molecule has 33 heavy (non-hydrogen) atoms. The van der Waals surface area contributed by atoms with Gasteiger partial charge in [0.05, 0.1) is 26.9 Å². The number of hydrogen-bond acceptors (Lipinski definition) is 6. The maximum absolute atomic E-state index is 12.4. The molecule has 0 atom stereocenters. The lowest BCUT2D eigenvalue weighted by Gasteiger charge is -2.26. The summed E-state index contributed by atoms with van der Waals surface area (Å²) in [6, 6.07) is 16.7. The number of imidazole rings is 1. The van der Waals surface area contributed by atoms with Crippen LogP contribution in [0.15, 0.2) is 54.6 Å². The first-order valence-electron chi connectivity index (χ1n) is 10.4. The van der Waals surface area contributed by atoms with E-state index in [-0.39, 0.29) is 31.3 Å². The lowest BCUT2D eigenvalue weighted by Crippen LogP contribution is -2.41. The fraction of sp³-hybridized carbons (Fsp3) is 0.208. The number of H-pyrrole nitrogens is 1. The van der Waals surface area contributed by atoms with Gasteiger partial charge in [0.2, 0.25) is 0 Å². The van der Waals surface area contributed by atoms with Crippen LogP contribution in [0.25, 0.3) is 21.7 Å². The number of carbonyl (C=O) groups is 2. The molecular weight excluding hydrogens is 462 g/mol. The van der Waals surface area contributed by atoms with Gasteiger partial charge in [0, 0.05) is 24.7 Å². The van der Waals surface area contributed by atoms with E-state index in [1.54, 1.807) is 11.0 Å². The predicted octanol–water partition coefficient (Wildman–Crippen LogP) is 4.50. The van der Waals surface area contributed by atoms with E-state index in [1.807, 2.05) is 48.5 Å². The summed E-state index contributed by atoms with van der Waals surface area (Å²) in [4.78, 5) is 34.9. The minimum absolute atomic E-state index is 0.0310. The van der Waals surface area contributed by atoms with E-state index >= 15 is 0 Å². The Bertz CT molecular complexity index is 1320. The molecule has 1 fully saturated rings. The molecule has 168 valence electrons. The minimum Gasteiger partial charge on any atom is -0.486 e. The van der Waals surface area contributed by atoms with E-state index in [9.17, 15) is 9.59 Å². The van der Waals surface area contributed by atoms with E-state index in [0.717, 1.165) is 33.0 Å². The molecule has 3 heterocycles. The van der Waals surface area contributed by atoms with Crippen molar-refractivity contribution >= 4 is 51.3 Å². The Hall–Kier alpha value is -3.20. The van der Waals surface area contributed by atoms with Gasteiger partial charge < -0.3 is 19.4 Å². The van der Waals surface area contributed by atoms with E-state index in [4.69, 9.17) is 21.1 Å². The summed E-state index contributed by atoms with van der Waals surface area (Å²) < 4.78 is 11.6. The topological polar surface area (TPSA) is 84.5 Å². The summed E-state index contributed by atoms with van der Waals surface area (Å²) in [6.45, 7) is 1.13. The zero-order chi connectivity index (χ0) is 22.8. The smallest absolute Gasteiger partial charge is 0.253 e. The molecule has 4 aromatic rings. The fourth-order valence-corrected chi connectivity index (χ4v) is 4.65. The third-order valence-corrected chi connectivity index (χ3v) is 6.53. The number of halogens is 1. The lowest BCUT2D eigenvalue weighted by molar-refractivity contribution is -0.125. The van der Waals surface area contributed by atoms with E-state index in [0.29, 0.717) is 23.2 Å². The lowest BCUT2D eigenvalue weighted by atomic mass is 10.1. The minimum atomic E-state index is -0.0565. The molecule has 0 bridgehead atoms. The number of rotatable bonds is 7. The molecule has 1 saturated heterocycles. The summed E-state index contributed by atoms with van der Waals surface area (Å²) in [7, 11) is 0. The van der Waals surface area contributed by atoms with Gasteiger partial charge in [0.15, 0.2) is 5.78 Å². The molecular formula is C24H20ClN3O4S. The number of carbonyl (C=O) groups excluding carboxylic acids is 2. The first kappa shape index (κ1) is 21.6. The highest BCUT2D eigenvalue weighted by Gasteiger charge is 2.20. The number of thiophene rings is 1. The summed E-state index contributed by atoms with van der Waals surface area (Å²) in [5.74, 6) is 1.25. The second-order valence-corrected chi connectivity index (χ2v) is 9.35. The predicted molar refractivity (Wildman–Crippen MR) is 128 cm³/mol. The number of morpholine rings is 1. The molecule has 0 radical (unpaired) electrons. The standard InChI is InChI=1S/C24H20ClN3O4S/c25-22-8-7-21(33-22)24-26-19-6-5-18(12-20(19)27-24)32-13-17(29)11-15-1-3-16(4-2-15)28-9-10-31-14-23(28)30/h1-8,12H,9-11,13-14H2,(H,26,27). The maximum Gasteiger partial charge on any atom is 0.253 e. The molecule has 1 amide bonds. The first-order chi connectivity index (χ1) is 16.0. The van der Waals surface area contributed by atoms with Crippen LogP contribution in [0.4, 0.5) is 5.69 Å². The second-order valence-electron chi connectivity index (χ2n) is 7.64. The van der Waals surface area contributed by atoms with Gasteiger partial charge in [-0.15, -0.1) is 11.3 Å². The van der Waals surface area contributed by atoms with Crippen LogP contribution in [-0.4, -0.2) is 48.0 Å². The van der Waals surface area contributed by atoms with Crippen molar-refractivity contribution in [1.29, 1.82) is 0 Å². The number of ether oxygens (including phenoxy) is 2. The highest BCUT2D eigenvalue weighted by Crippen LogP contribution is 2.31. The van der Waals surface area contributed by atoms with Crippen molar-refractivity contribution in [2.75, 3.05) is 31.3 Å². The average Bonchev–Trinajstić information content (AvgIpc) is 3.44. The van der Waals surface area contributed by atoms with Crippen LogP contribution in [-0.2, 0) is 20.7 Å². The summed E-state index contributed by atoms with van der Waals surface area (Å²) in [5.41, 5.74) is 3.32. The SMILES string of the molecule is O=C(COc1ccc2nc(-c3ccc(Cl)s3)[nH]c2c1)Cc1ccc(N2CCOCC2=O)cc1. The third kappa shape index (κ3) is 4.93. The van der Waals surface area contributed by atoms with Crippen LogP contribution in [0.3, 0.4) is 0 Å². The molecule has 1 aliphatic heterocycles. The van der Waals surface area contributed by atoms with Crippen molar-refractivity contribution in [3.05, 3.63) is 64.5 Å². The zero-order valence-corrected chi connectivity index (χ0v) is 19.1. The average molecular weight is 482 g/mol. The van der Waals surface area contributed by atoms with Crippen LogP contribution in [0.5, 0.6) is 5.75 Å². The number of amides is 1. The van der Waals surface area contributed by atoms with Crippen molar-refractivity contribution < 1.29 is 19.1 Å². The molecule has 0 aliphatic carbocycles. The number of nitrogens with zero attached hydrogens (tertiary/aromatic N) is 2. The van der Waals surface area contributed by atoms with Gasteiger partial charge in [-0.25, -0.2) is 4.98 Å². The molecule has 2 aromatic heterocycles. The number of aromatic amines is 1. The van der Waals surface area contributed by atoms with Crippen LogP contribution >= 0.6 is 22.9 Å². The van der Waals surface area contributed by atoms with Gasteiger partial charge in [-0.2, -0.15) is 0 Å². The number of Topliss-reactive ketones (excluding diaryl/α,β-unsaturated/α-hetero) is 1. The third-order valence-electron chi connectivity index (χ3n) is 5.29. The van der Waals surface area contributed by atoms with Crippen molar-refractivity contribution in [1.82, 2.24) is 9.97 Å². The van der Waals surface area contributed by atoms with Crippen LogP contribution in [0.1, 0.15) is 5.56 Å². The van der Waals surface area contributed by atoms with Crippen molar-refractivity contribution in [2.24, 2.45) is 0 Å². The van der Waals surface area contributed by atoms with E-state index in [2.05, 4.69) is 9.97 Å². The van der Waals surface area contributed by atoms with Gasteiger partial charge in [0.25, 0.3) is 5.91 Å². The Morgan fingerprint density at radius 1 is 1.18 bits per heavy atom. The maximum atomic E-state index is 12.4. The highest BCUT2D eigenvalue weighted by molar-refractivity contribution is 7.19. The highest BCUT2D eigenvalue weighted by atomic mass is 35.5. The Balaban J connectivity index is 1.19. The van der Waals surface area contributed by atoms with Crippen LogP contribution in [0, 0.1) is 0 Å². The number of fused-ring (bicyclic) bond motifs is 1. The van der Waals surface area contributed by atoms with Crippen molar-refractivity contribution in [2.45, 2.75) is 6.42 Å². The summed E-state index contributed by atoms with van der Waals surface area (Å²) in [6.07, 6.45) is 0.257. The Morgan fingerprint density at radius 2 is 2.03 bits per heavy atom. The molecule has 0 unspecified atom stereocenters. The largest absolute Gasteiger partial charge is 0.486 e. The van der Waals surface area contributed by atoms with Crippen molar-refractivity contribution in [3.63, 3.8) is 0 Å². The molecule has 1 aliphatic rings. The summed E-state index contributed by atoms with van der Waals surface area (Å²) in [5, 5.41) is 0. The van der Waals surface area contributed by atoms with Gasteiger partial charge >= 0.3 is 0 Å². The number of anilines is 1. The second kappa shape index (κ2) is 9.35. The number of ketones is 1. The number of aromatic nitrogens is 2. The molecule has 5 rings (SSSR count).